The highest BCUT2D eigenvalue weighted by molar-refractivity contribution is 5.14. The molecule has 0 aromatic heterocycles. The van der Waals surface area contributed by atoms with Crippen LogP contribution in [0, 0.1) is 0 Å². The van der Waals surface area contributed by atoms with Crippen molar-refractivity contribution in [3.63, 3.8) is 0 Å². The molecular formula is C14H20FNO. The molecule has 1 aliphatic carbocycles. The zero-order valence-electron chi connectivity index (χ0n) is 10.2. The molecule has 1 heterocycles. The van der Waals surface area contributed by atoms with Gasteiger partial charge in [0.15, 0.2) is 0 Å². The molecule has 0 radical (unpaired) electrons. The van der Waals surface area contributed by atoms with Crippen molar-refractivity contribution < 1.29 is 9.13 Å². The summed E-state index contributed by atoms with van der Waals surface area (Å²) in [4.78, 5) is 2.30. The van der Waals surface area contributed by atoms with Crippen molar-refractivity contribution in [1.29, 1.82) is 0 Å². The summed E-state index contributed by atoms with van der Waals surface area (Å²) >= 11 is 0. The van der Waals surface area contributed by atoms with Crippen LogP contribution in [0.25, 0.3) is 0 Å². The summed E-state index contributed by atoms with van der Waals surface area (Å²) in [7, 11) is 0. The van der Waals surface area contributed by atoms with Crippen LogP contribution < -0.4 is 0 Å². The number of nitrogens with zero attached hydrogens (tertiary/aromatic N) is 1. The van der Waals surface area contributed by atoms with Crippen LogP contribution in [-0.4, -0.2) is 36.8 Å². The standard InChI is InChI=1S/C14H20FNO/c1-3-11(2)10-16-6-4-13(5-7-16)17-14-8-12(15)9-14/h3-4,12,14H,1-2,5-10H2. The topological polar surface area (TPSA) is 12.5 Å². The van der Waals surface area contributed by atoms with E-state index in [1.54, 1.807) is 6.08 Å². The van der Waals surface area contributed by atoms with Gasteiger partial charge in [0, 0.05) is 38.9 Å². The van der Waals surface area contributed by atoms with Crippen LogP contribution in [0.5, 0.6) is 0 Å². The van der Waals surface area contributed by atoms with E-state index in [-0.39, 0.29) is 6.10 Å². The minimum Gasteiger partial charge on any atom is -0.495 e. The van der Waals surface area contributed by atoms with Crippen LogP contribution in [0.4, 0.5) is 4.39 Å². The second-order valence-electron chi connectivity index (χ2n) is 4.83. The first kappa shape index (κ1) is 12.4. The van der Waals surface area contributed by atoms with E-state index in [1.807, 2.05) is 0 Å². The van der Waals surface area contributed by atoms with Crippen molar-refractivity contribution in [3.05, 3.63) is 36.6 Å². The summed E-state index contributed by atoms with van der Waals surface area (Å²) < 4.78 is 18.4. The third-order valence-corrected chi connectivity index (χ3v) is 3.32. The second kappa shape index (κ2) is 5.50. The Morgan fingerprint density at radius 3 is 2.88 bits per heavy atom. The predicted molar refractivity (Wildman–Crippen MR) is 67.5 cm³/mol. The molecule has 0 saturated heterocycles. The molecule has 1 aliphatic heterocycles. The number of hydrogen-bond donors (Lipinski definition) is 0. The third kappa shape index (κ3) is 3.43. The predicted octanol–water partition coefficient (Wildman–Crippen LogP) is 2.84. The zero-order valence-corrected chi connectivity index (χ0v) is 10.2. The van der Waals surface area contributed by atoms with E-state index in [0.717, 1.165) is 37.4 Å². The Balaban J connectivity index is 1.73. The number of hydrogen-bond acceptors (Lipinski definition) is 2. The normalized spacial score (nSPS) is 29.1. The van der Waals surface area contributed by atoms with Gasteiger partial charge in [0.1, 0.15) is 12.3 Å². The highest BCUT2D eigenvalue weighted by Crippen LogP contribution is 2.29. The van der Waals surface area contributed by atoms with Gasteiger partial charge >= 0.3 is 0 Å². The smallest absolute Gasteiger partial charge is 0.107 e. The fourth-order valence-electron chi connectivity index (χ4n) is 2.11. The highest BCUT2D eigenvalue weighted by Gasteiger charge is 2.31. The van der Waals surface area contributed by atoms with Crippen molar-refractivity contribution in [3.8, 4) is 0 Å². The lowest BCUT2D eigenvalue weighted by Crippen LogP contribution is -2.35. The average Bonchev–Trinajstić information content (AvgIpc) is 2.29. The molecule has 1 fully saturated rings. The van der Waals surface area contributed by atoms with Crippen LogP contribution >= 0.6 is 0 Å². The SMILES string of the molecule is C=CC(=C)CN1CC=C(OC2CC(F)C2)CC1. The minimum absolute atomic E-state index is 0.117. The quantitative estimate of drug-likeness (QED) is 0.682. The summed E-state index contributed by atoms with van der Waals surface area (Å²) in [6.07, 6.45) is 5.42. The van der Waals surface area contributed by atoms with E-state index in [1.165, 1.54) is 0 Å². The van der Waals surface area contributed by atoms with E-state index in [9.17, 15) is 4.39 Å². The van der Waals surface area contributed by atoms with Gasteiger partial charge in [-0.25, -0.2) is 4.39 Å². The molecule has 3 heteroatoms. The third-order valence-electron chi connectivity index (χ3n) is 3.32. The lowest BCUT2D eigenvalue weighted by Gasteiger charge is -2.33. The van der Waals surface area contributed by atoms with E-state index < -0.39 is 6.17 Å². The molecule has 0 unspecified atom stereocenters. The van der Waals surface area contributed by atoms with Crippen LogP contribution in [0.1, 0.15) is 19.3 Å². The molecule has 0 bridgehead atoms. The van der Waals surface area contributed by atoms with Gasteiger partial charge in [-0.1, -0.05) is 19.2 Å². The number of rotatable bonds is 5. The van der Waals surface area contributed by atoms with E-state index in [0.29, 0.717) is 12.8 Å². The molecule has 2 rings (SSSR count). The maximum Gasteiger partial charge on any atom is 0.107 e. The van der Waals surface area contributed by atoms with Gasteiger partial charge in [-0.2, -0.15) is 0 Å². The van der Waals surface area contributed by atoms with E-state index in [4.69, 9.17) is 4.74 Å². The van der Waals surface area contributed by atoms with Gasteiger partial charge < -0.3 is 4.74 Å². The first-order chi connectivity index (χ1) is 8.17. The monoisotopic (exact) mass is 237 g/mol. The summed E-state index contributed by atoms with van der Waals surface area (Å²) in [5, 5.41) is 0. The maximum absolute atomic E-state index is 12.6. The van der Waals surface area contributed by atoms with Gasteiger partial charge in [-0.3, -0.25) is 4.90 Å². The van der Waals surface area contributed by atoms with Crippen molar-refractivity contribution in [2.75, 3.05) is 19.6 Å². The van der Waals surface area contributed by atoms with E-state index in [2.05, 4.69) is 24.1 Å². The Morgan fingerprint density at radius 2 is 2.35 bits per heavy atom. The van der Waals surface area contributed by atoms with Crippen molar-refractivity contribution in [2.24, 2.45) is 0 Å². The molecule has 17 heavy (non-hydrogen) atoms. The molecule has 0 spiro atoms. The Kier molecular flexibility index (Phi) is 4.00. The van der Waals surface area contributed by atoms with Crippen LogP contribution in [0.15, 0.2) is 36.6 Å². The highest BCUT2D eigenvalue weighted by atomic mass is 19.1. The lowest BCUT2D eigenvalue weighted by molar-refractivity contribution is -0.0111. The summed E-state index contributed by atoms with van der Waals surface area (Å²) in [5.41, 5.74) is 1.04. The number of halogens is 1. The summed E-state index contributed by atoms with van der Waals surface area (Å²) in [5.74, 6) is 1.03. The molecule has 0 N–H and O–H groups in total. The molecule has 0 amide bonds. The average molecular weight is 237 g/mol. The Labute approximate surface area is 102 Å². The molecule has 94 valence electrons. The first-order valence-electron chi connectivity index (χ1n) is 6.19. The lowest BCUT2D eigenvalue weighted by atomic mass is 9.93. The Bertz CT molecular complexity index is 331. The molecule has 0 aromatic rings. The summed E-state index contributed by atoms with van der Waals surface area (Å²) in [6, 6.07) is 0. The minimum atomic E-state index is -0.642. The van der Waals surface area contributed by atoms with Gasteiger partial charge in [-0.15, -0.1) is 0 Å². The molecule has 0 atom stereocenters. The Hall–Kier alpha value is -1.09. The molecular weight excluding hydrogens is 217 g/mol. The summed E-state index contributed by atoms with van der Waals surface area (Å²) in [6.45, 7) is 10.3. The number of ether oxygens (including phenoxy) is 1. The molecule has 2 aliphatic rings. The van der Waals surface area contributed by atoms with Gasteiger partial charge in [0.2, 0.25) is 0 Å². The number of alkyl halides is 1. The Morgan fingerprint density at radius 1 is 1.59 bits per heavy atom. The van der Waals surface area contributed by atoms with Gasteiger partial charge in [0.05, 0.1) is 5.76 Å². The second-order valence-corrected chi connectivity index (χ2v) is 4.83. The van der Waals surface area contributed by atoms with Crippen LogP contribution in [0.3, 0.4) is 0 Å². The largest absolute Gasteiger partial charge is 0.495 e. The van der Waals surface area contributed by atoms with Crippen molar-refractivity contribution in [1.82, 2.24) is 4.90 Å². The van der Waals surface area contributed by atoms with Crippen molar-refractivity contribution >= 4 is 0 Å². The van der Waals surface area contributed by atoms with Crippen LogP contribution in [0.2, 0.25) is 0 Å². The van der Waals surface area contributed by atoms with Crippen molar-refractivity contribution in [2.45, 2.75) is 31.5 Å². The first-order valence-corrected chi connectivity index (χ1v) is 6.19. The van der Waals surface area contributed by atoms with Gasteiger partial charge in [0.25, 0.3) is 0 Å². The fraction of sp³-hybridized carbons (Fsp3) is 0.571. The molecule has 0 aromatic carbocycles. The van der Waals surface area contributed by atoms with E-state index >= 15 is 0 Å². The molecule has 1 saturated carbocycles. The maximum atomic E-state index is 12.6. The van der Waals surface area contributed by atoms with Gasteiger partial charge in [-0.05, 0) is 11.6 Å². The fourth-order valence-corrected chi connectivity index (χ4v) is 2.11. The van der Waals surface area contributed by atoms with Crippen LogP contribution in [-0.2, 0) is 4.74 Å². The molecule has 2 nitrogen and oxygen atoms in total. The zero-order chi connectivity index (χ0) is 12.3.